The van der Waals surface area contributed by atoms with Crippen molar-refractivity contribution in [1.29, 1.82) is 0 Å². The fourth-order valence-corrected chi connectivity index (χ4v) is 2.59. The van der Waals surface area contributed by atoms with Crippen molar-refractivity contribution in [2.45, 2.75) is 19.4 Å². The molecule has 0 N–H and O–H groups in total. The maximum absolute atomic E-state index is 12.9. The zero-order chi connectivity index (χ0) is 16.2. The Balaban J connectivity index is 1.72. The van der Waals surface area contributed by atoms with Crippen molar-refractivity contribution in [3.8, 4) is 0 Å². The van der Waals surface area contributed by atoms with E-state index in [2.05, 4.69) is 5.10 Å². The molecule has 2 heterocycles. The average molecular weight is 319 g/mol. The van der Waals surface area contributed by atoms with Gasteiger partial charge in [0.1, 0.15) is 11.5 Å². The molecule has 1 aromatic rings. The van der Waals surface area contributed by atoms with E-state index in [0.29, 0.717) is 38.4 Å². The lowest BCUT2D eigenvalue weighted by Crippen LogP contribution is -2.46. The molecule has 0 radical (unpaired) electrons. The molecule has 122 valence electrons. The maximum Gasteiger partial charge on any atom is 0.270 e. The average Bonchev–Trinajstić information content (AvgIpc) is 2.59. The van der Waals surface area contributed by atoms with E-state index in [9.17, 15) is 14.0 Å². The van der Waals surface area contributed by atoms with Crippen LogP contribution in [0.3, 0.4) is 0 Å². The zero-order valence-corrected chi connectivity index (χ0v) is 12.7. The number of halogens is 1. The molecule has 0 atom stereocenters. The highest BCUT2D eigenvalue weighted by Crippen LogP contribution is 2.15. The minimum atomic E-state index is -0.328. The van der Waals surface area contributed by atoms with Crippen LogP contribution in [-0.2, 0) is 20.9 Å². The van der Waals surface area contributed by atoms with Gasteiger partial charge < -0.3 is 9.64 Å². The van der Waals surface area contributed by atoms with E-state index in [1.807, 2.05) is 0 Å². The van der Waals surface area contributed by atoms with Crippen LogP contribution in [0.4, 0.5) is 4.39 Å². The highest BCUT2D eigenvalue weighted by molar-refractivity contribution is 6.39. The molecule has 3 rings (SSSR count). The van der Waals surface area contributed by atoms with Crippen molar-refractivity contribution < 1.29 is 18.7 Å². The summed E-state index contributed by atoms with van der Waals surface area (Å²) in [5.41, 5.74) is 1.16. The van der Waals surface area contributed by atoms with Gasteiger partial charge in [0.05, 0.1) is 19.8 Å². The van der Waals surface area contributed by atoms with Crippen molar-refractivity contribution in [2.24, 2.45) is 5.10 Å². The standard InChI is InChI=1S/C16H18FN3O3/c17-13-3-1-12(2-4-13)11-20-15(21)6-5-14(18-20)16(22)19-7-9-23-10-8-19/h1-4H,5-11H2. The Bertz CT molecular complexity index is 624. The van der Waals surface area contributed by atoms with Crippen molar-refractivity contribution in [2.75, 3.05) is 26.3 Å². The Morgan fingerprint density at radius 1 is 1.17 bits per heavy atom. The van der Waals surface area contributed by atoms with Gasteiger partial charge in [-0.15, -0.1) is 0 Å². The van der Waals surface area contributed by atoms with Gasteiger partial charge in [-0.25, -0.2) is 9.40 Å². The third-order valence-corrected chi connectivity index (χ3v) is 3.90. The molecule has 2 aliphatic rings. The Labute approximate surface area is 133 Å². The topological polar surface area (TPSA) is 62.2 Å². The molecule has 0 spiro atoms. The maximum atomic E-state index is 12.9. The number of morpholine rings is 1. The minimum Gasteiger partial charge on any atom is -0.378 e. The number of benzene rings is 1. The van der Waals surface area contributed by atoms with Crippen molar-refractivity contribution in [3.05, 3.63) is 35.6 Å². The summed E-state index contributed by atoms with van der Waals surface area (Å²) in [6.07, 6.45) is 0.616. The second-order valence-electron chi connectivity index (χ2n) is 5.53. The van der Waals surface area contributed by atoms with Crippen LogP contribution in [0.2, 0.25) is 0 Å². The number of carbonyl (C=O) groups excluding carboxylic acids is 2. The number of hydrogen-bond donors (Lipinski definition) is 0. The van der Waals surface area contributed by atoms with Crippen molar-refractivity contribution in [1.82, 2.24) is 9.91 Å². The van der Waals surface area contributed by atoms with Gasteiger partial charge in [0.25, 0.3) is 5.91 Å². The molecule has 2 amide bonds. The number of ether oxygens (including phenoxy) is 1. The first-order valence-electron chi connectivity index (χ1n) is 7.63. The fourth-order valence-electron chi connectivity index (χ4n) is 2.59. The number of carbonyl (C=O) groups is 2. The summed E-state index contributed by atoms with van der Waals surface area (Å²) >= 11 is 0. The van der Waals surface area contributed by atoms with Crippen LogP contribution in [0.15, 0.2) is 29.4 Å². The third kappa shape index (κ3) is 3.73. The lowest BCUT2D eigenvalue weighted by atomic mass is 10.1. The molecule has 1 aromatic carbocycles. The number of hydrogen-bond acceptors (Lipinski definition) is 4. The third-order valence-electron chi connectivity index (χ3n) is 3.90. The Morgan fingerprint density at radius 2 is 1.87 bits per heavy atom. The SMILES string of the molecule is O=C(C1=NN(Cc2ccc(F)cc2)C(=O)CC1)N1CCOCC1. The molecular formula is C16H18FN3O3. The second-order valence-corrected chi connectivity index (χ2v) is 5.53. The van der Waals surface area contributed by atoms with Gasteiger partial charge in [0.15, 0.2) is 0 Å². The van der Waals surface area contributed by atoms with E-state index in [-0.39, 0.29) is 30.6 Å². The van der Waals surface area contributed by atoms with Gasteiger partial charge in [-0.05, 0) is 17.7 Å². The normalized spacial score (nSPS) is 18.8. The first kappa shape index (κ1) is 15.6. The number of nitrogens with zero attached hydrogens (tertiary/aromatic N) is 3. The molecule has 23 heavy (non-hydrogen) atoms. The van der Waals surface area contributed by atoms with Crippen LogP contribution in [0, 0.1) is 5.82 Å². The Kier molecular flexibility index (Phi) is 4.66. The molecule has 0 bridgehead atoms. The molecule has 0 aliphatic carbocycles. The largest absolute Gasteiger partial charge is 0.378 e. The zero-order valence-electron chi connectivity index (χ0n) is 12.7. The van der Waals surface area contributed by atoms with Gasteiger partial charge >= 0.3 is 0 Å². The predicted molar refractivity (Wildman–Crippen MR) is 81.0 cm³/mol. The monoisotopic (exact) mass is 319 g/mol. The quantitative estimate of drug-likeness (QED) is 0.840. The molecule has 1 fully saturated rings. The highest BCUT2D eigenvalue weighted by Gasteiger charge is 2.28. The first-order chi connectivity index (χ1) is 11.1. The van der Waals surface area contributed by atoms with Crippen molar-refractivity contribution >= 4 is 17.5 Å². The molecule has 6 nitrogen and oxygen atoms in total. The number of amides is 2. The van der Waals surface area contributed by atoms with E-state index in [1.54, 1.807) is 17.0 Å². The van der Waals surface area contributed by atoms with Gasteiger partial charge in [0, 0.05) is 25.9 Å². The highest BCUT2D eigenvalue weighted by atomic mass is 19.1. The van der Waals surface area contributed by atoms with E-state index < -0.39 is 0 Å². The molecule has 7 heteroatoms. The summed E-state index contributed by atoms with van der Waals surface area (Å²) < 4.78 is 18.2. The van der Waals surface area contributed by atoms with Gasteiger partial charge in [-0.1, -0.05) is 12.1 Å². The van der Waals surface area contributed by atoms with Crippen LogP contribution >= 0.6 is 0 Å². The number of hydrazone groups is 1. The van der Waals surface area contributed by atoms with E-state index >= 15 is 0 Å². The summed E-state index contributed by atoms with van der Waals surface area (Å²) in [6, 6.07) is 5.90. The Morgan fingerprint density at radius 3 is 2.57 bits per heavy atom. The second kappa shape index (κ2) is 6.87. The lowest BCUT2D eigenvalue weighted by molar-refractivity contribution is -0.133. The molecule has 2 aliphatic heterocycles. The minimum absolute atomic E-state index is 0.132. The van der Waals surface area contributed by atoms with Crippen molar-refractivity contribution in [3.63, 3.8) is 0 Å². The molecular weight excluding hydrogens is 301 g/mol. The Hall–Kier alpha value is -2.28. The fraction of sp³-hybridized carbons (Fsp3) is 0.438. The summed E-state index contributed by atoms with van der Waals surface area (Å²) in [7, 11) is 0. The van der Waals surface area contributed by atoms with Crippen LogP contribution < -0.4 is 0 Å². The summed E-state index contributed by atoms with van der Waals surface area (Å²) in [6.45, 7) is 2.38. The van der Waals surface area contributed by atoms with Crippen LogP contribution in [0.25, 0.3) is 0 Å². The molecule has 0 saturated carbocycles. The smallest absolute Gasteiger partial charge is 0.270 e. The molecule has 0 unspecified atom stereocenters. The molecule has 0 aromatic heterocycles. The summed E-state index contributed by atoms with van der Waals surface area (Å²) in [4.78, 5) is 26.2. The predicted octanol–water partition coefficient (Wildman–Crippen LogP) is 1.16. The lowest BCUT2D eigenvalue weighted by Gasteiger charge is -2.29. The van der Waals surface area contributed by atoms with Gasteiger partial charge in [-0.3, -0.25) is 9.59 Å². The van der Waals surface area contributed by atoms with Gasteiger partial charge in [-0.2, -0.15) is 5.10 Å². The first-order valence-corrected chi connectivity index (χ1v) is 7.63. The van der Waals surface area contributed by atoms with Crippen LogP contribution in [0.1, 0.15) is 18.4 Å². The summed E-state index contributed by atoms with van der Waals surface area (Å²) in [5, 5.41) is 5.53. The molecule has 1 saturated heterocycles. The van der Waals surface area contributed by atoms with Crippen LogP contribution in [0.5, 0.6) is 0 Å². The van der Waals surface area contributed by atoms with E-state index in [0.717, 1.165) is 5.56 Å². The van der Waals surface area contributed by atoms with Gasteiger partial charge in [0.2, 0.25) is 5.91 Å². The van der Waals surface area contributed by atoms with E-state index in [4.69, 9.17) is 4.74 Å². The number of rotatable bonds is 3. The van der Waals surface area contributed by atoms with E-state index in [1.165, 1.54) is 17.1 Å². The van der Waals surface area contributed by atoms with Crippen LogP contribution in [-0.4, -0.2) is 53.7 Å². The summed E-state index contributed by atoms with van der Waals surface area (Å²) in [5.74, 6) is -0.594.